The van der Waals surface area contributed by atoms with Crippen molar-refractivity contribution in [1.82, 2.24) is 0 Å². The van der Waals surface area contributed by atoms with Crippen molar-refractivity contribution in [3.05, 3.63) is 84.4 Å². The standard InChI is InChI=1S/C22H16O2Se/c1-15(23)16-11-13-18(14-12-16)25-22-19-9-5-6-10-20(19)24-21(22)17-7-3-2-4-8-17/h2-14H,1H3. The van der Waals surface area contributed by atoms with Crippen LogP contribution < -0.4 is 8.92 Å². The molecule has 2 nitrogen and oxygen atoms in total. The normalized spacial score (nSPS) is 10.9. The molecule has 0 saturated carbocycles. The summed E-state index contributed by atoms with van der Waals surface area (Å²) in [6.07, 6.45) is 0. The Labute approximate surface area is 152 Å². The summed E-state index contributed by atoms with van der Waals surface area (Å²) in [5, 5.41) is 1.16. The fraction of sp³-hybridized carbons (Fsp3) is 0.0455. The van der Waals surface area contributed by atoms with E-state index in [-0.39, 0.29) is 20.7 Å². The number of carbonyl (C=O) groups is 1. The first kappa shape index (κ1) is 15.9. The van der Waals surface area contributed by atoms with E-state index in [1.165, 1.54) is 8.92 Å². The van der Waals surface area contributed by atoms with E-state index in [1.54, 1.807) is 6.92 Å². The minimum absolute atomic E-state index is 0.0904. The number of hydrogen-bond acceptors (Lipinski definition) is 2. The number of rotatable bonds is 4. The number of benzene rings is 3. The summed E-state index contributed by atoms with van der Waals surface area (Å²) >= 11 is 0.0904. The van der Waals surface area contributed by atoms with E-state index in [1.807, 2.05) is 60.7 Å². The second kappa shape index (κ2) is 6.72. The monoisotopic (exact) mass is 392 g/mol. The van der Waals surface area contributed by atoms with Gasteiger partial charge >= 0.3 is 153 Å². The predicted octanol–water partition coefficient (Wildman–Crippen LogP) is 3.96. The van der Waals surface area contributed by atoms with Crippen molar-refractivity contribution in [3.8, 4) is 11.3 Å². The van der Waals surface area contributed by atoms with Gasteiger partial charge in [-0.05, 0) is 0 Å². The molecule has 1 heterocycles. The van der Waals surface area contributed by atoms with Gasteiger partial charge in [-0.1, -0.05) is 0 Å². The molecule has 0 saturated heterocycles. The fourth-order valence-electron chi connectivity index (χ4n) is 2.78. The average Bonchev–Trinajstić information content (AvgIpc) is 3.02. The molecule has 0 atom stereocenters. The molecule has 3 aromatic carbocycles. The van der Waals surface area contributed by atoms with Crippen molar-refractivity contribution in [2.45, 2.75) is 6.92 Å². The summed E-state index contributed by atoms with van der Waals surface area (Å²) in [5.74, 6) is 1.04. The summed E-state index contributed by atoms with van der Waals surface area (Å²) in [6, 6.07) is 26.3. The summed E-state index contributed by atoms with van der Waals surface area (Å²) in [7, 11) is 0. The van der Waals surface area contributed by atoms with Crippen LogP contribution in [0.1, 0.15) is 17.3 Å². The van der Waals surface area contributed by atoms with Gasteiger partial charge in [0.2, 0.25) is 0 Å². The van der Waals surface area contributed by atoms with E-state index in [0.717, 1.165) is 27.9 Å². The van der Waals surface area contributed by atoms with Gasteiger partial charge in [0, 0.05) is 0 Å². The maximum absolute atomic E-state index is 11.5. The first-order chi connectivity index (χ1) is 12.2. The molecule has 0 aliphatic heterocycles. The number of fused-ring (bicyclic) bond motifs is 1. The van der Waals surface area contributed by atoms with E-state index in [0.29, 0.717) is 0 Å². The van der Waals surface area contributed by atoms with Crippen LogP contribution in [0.5, 0.6) is 0 Å². The second-order valence-corrected chi connectivity index (χ2v) is 8.08. The van der Waals surface area contributed by atoms with Gasteiger partial charge < -0.3 is 0 Å². The van der Waals surface area contributed by atoms with Crippen LogP contribution in [0.15, 0.2) is 83.3 Å². The molecule has 0 aliphatic carbocycles. The predicted molar refractivity (Wildman–Crippen MR) is 103 cm³/mol. The van der Waals surface area contributed by atoms with Crippen LogP contribution >= 0.6 is 0 Å². The number of Topliss-reactive ketones (excluding diaryl/α,β-unsaturated/α-hetero) is 1. The Hall–Kier alpha value is -2.61. The quantitative estimate of drug-likeness (QED) is 0.390. The zero-order chi connectivity index (χ0) is 17.2. The maximum atomic E-state index is 11.5. The molecule has 3 heteroatoms. The van der Waals surface area contributed by atoms with Gasteiger partial charge in [-0.15, -0.1) is 0 Å². The van der Waals surface area contributed by atoms with Gasteiger partial charge in [0.1, 0.15) is 0 Å². The van der Waals surface area contributed by atoms with Gasteiger partial charge in [-0.25, -0.2) is 0 Å². The number of furan rings is 1. The van der Waals surface area contributed by atoms with E-state index < -0.39 is 0 Å². The molecule has 25 heavy (non-hydrogen) atoms. The Bertz CT molecular complexity index is 1030. The van der Waals surface area contributed by atoms with Crippen molar-refractivity contribution in [1.29, 1.82) is 0 Å². The van der Waals surface area contributed by atoms with Gasteiger partial charge in [-0.2, -0.15) is 0 Å². The van der Waals surface area contributed by atoms with Crippen LogP contribution in [-0.2, 0) is 0 Å². The zero-order valence-corrected chi connectivity index (χ0v) is 15.4. The third kappa shape index (κ3) is 3.17. The minimum atomic E-state index is 0.0904. The van der Waals surface area contributed by atoms with Gasteiger partial charge in [0.25, 0.3) is 0 Å². The second-order valence-electron chi connectivity index (χ2n) is 5.81. The van der Waals surface area contributed by atoms with Crippen molar-refractivity contribution in [2.24, 2.45) is 0 Å². The molecule has 4 rings (SSSR count). The molecule has 0 bridgehead atoms. The molecule has 1 aromatic heterocycles. The third-order valence-corrected chi connectivity index (χ3v) is 6.41. The molecule has 122 valence electrons. The van der Waals surface area contributed by atoms with Crippen LogP contribution in [0.2, 0.25) is 0 Å². The SMILES string of the molecule is CC(=O)c1ccc([Se]c2c(-c3ccccc3)oc3ccccc23)cc1. The van der Waals surface area contributed by atoms with Crippen LogP contribution in [0, 0.1) is 0 Å². The molecule has 0 spiro atoms. The average molecular weight is 391 g/mol. The molecule has 0 aliphatic rings. The van der Waals surface area contributed by atoms with Crippen LogP contribution in [0.4, 0.5) is 0 Å². The Kier molecular flexibility index (Phi) is 4.27. The van der Waals surface area contributed by atoms with Crippen LogP contribution in [0.25, 0.3) is 22.3 Å². The summed E-state index contributed by atoms with van der Waals surface area (Å²) in [4.78, 5) is 11.5. The van der Waals surface area contributed by atoms with Crippen molar-refractivity contribution in [2.75, 3.05) is 0 Å². The zero-order valence-electron chi connectivity index (χ0n) is 13.7. The summed E-state index contributed by atoms with van der Waals surface area (Å²) < 4.78 is 8.64. The molecule has 0 fully saturated rings. The molecule has 0 radical (unpaired) electrons. The number of para-hydroxylation sites is 1. The van der Waals surface area contributed by atoms with Gasteiger partial charge in [0.05, 0.1) is 0 Å². The molecule has 4 aromatic rings. The van der Waals surface area contributed by atoms with E-state index in [2.05, 4.69) is 18.2 Å². The van der Waals surface area contributed by atoms with Crippen molar-refractivity contribution in [3.63, 3.8) is 0 Å². The number of carbonyl (C=O) groups excluding carboxylic acids is 1. The molecule has 0 N–H and O–H groups in total. The van der Waals surface area contributed by atoms with Crippen LogP contribution in [0.3, 0.4) is 0 Å². The Balaban J connectivity index is 1.81. The number of ketones is 1. The summed E-state index contributed by atoms with van der Waals surface area (Å²) in [5.41, 5.74) is 2.76. The third-order valence-electron chi connectivity index (χ3n) is 4.07. The van der Waals surface area contributed by atoms with Gasteiger partial charge in [0.15, 0.2) is 0 Å². The Morgan fingerprint density at radius 2 is 1.52 bits per heavy atom. The number of hydrogen-bond donors (Lipinski definition) is 0. The van der Waals surface area contributed by atoms with Crippen molar-refractivity contribution < 1.29 is 9.21 Å². The van der Waals surface area contributed by atoms with Gasteiger partial charge in [-0.3, -0.25) is 0 Å². The first-order valence-corrected chi connectivity index (χ1v) is 9.79. The van der Waals surface area contributed by atoms with E-state index in [9.17, 15) is 4.79 Å². The fourth-order valence-corrected chi connectivity index (χ4v) is 4.96. The molecular formula is C22H16O2Se. The Morgan fingerprint density at radius 1 is 0.840 bits per heavy atom. The van der Waals surface area contributed by atoms with E-state index in [4.69, 9.17) is 4.42 Å². The van der Waals surface area contributed by atoms with E-state index >= 15 is 0 Å². The first-order valence-electron chi connectivity index (χ1n) is 8.08. The molecular weight excluding hydrogens is 375 g/mol. The van der Waals surface area contributed by atoms with Crippen molar-refractivity contribution >= 4 is 40.6 Å². The molecule has 0 unspecified atom stereocenters. The molecule has 0 amide bonds. The van der Waals surface area contributed by atoms with Crippen LogP contribution in [-0.4, -0.2) is 20.7 Å². The summed E-state index contributed by atoms with van der Waals surface area (Å²) in [6.45, 7) is 1.59. The topological polar surface area (TPSA) is 30.2 Å². The Morgan fingerprint density at radius 3 is 2.24 bits per heavy atom.